The molecule has 0 rings (SSSR count). The number of aliphatic hydroxyl groups is 3. The van der Waals surface area contributed by atoms with Gasteiger partial charge in [-0.2, -0.15) is 0 Å². The van der Waals surface area contributed by atoms with Crippen molar-refractivity contribution in [2.24, 2.45) is 0 Å². The highest BCUT2D eigenvalue weighted by Crippen LogP contribution is 2.04. The lowest BCUT2D eigenvalue weighted by atomic mass is 10.1. The SMILES string of the molecule is CC[C](O)C(=O)C(O)CO. The molecule has 0 bridgehead atoms. The summed E-state index contributed by atoms with van der Waals surface area (Å²) >= 11 is 0. The van der Waals surface area contributed by atoms with Crippen LogP contribution < -0.4 is 0 Å². The zero-order chi connectivity index (χ0) is 8.15. The fourth-order valence-corrected chi connectivity index (χ4v) is 0.449. The molecule has 0 amide bonds. The van der Waals surface area contributed by atoms with E-state index in [1.807, 2.05) is 0 Å². The van der Waals surface area contributed by atoms with Crippen molar-refractivity contribution in [3.63, 3.8) is 0 Å². The van der Waals surface area contributed by atoms with Crippen LogP contribution >= 0.6 is 0 Å². The normalized spacial score (nSPS) is 13.7. The van der Waals surface area contributed by atoms with Gasteiger partial charge in [0.15, 0.2) is 11.9 Å². The van der Waals surface area contributed by atoms with Crippen LogP contribution in [0.5, 0.6) is 0 Å². The molecule has 3 N–H and O–H groups in total. The van der Waals surface area contributed by atoms with Crippen LogP contribution in [0, 0.1) is 6.10 Å². The number of carbonyl (C=O) groups excluding carboxylic acids is 1. The van der Waals surface area contributed by atoms with E-state index in [9.17, 15) is 4.79 Å². The lowest BCUT2D eigenvalue weighted by Gasteiger charge is -2.08. The Morgan fingerprint density at radius 1 is 1.60 bits per heavy atom. The van der Waals surface area contributed by atoms with Crippen LogP contribution in [0.4, 0.5) is 0 Å². The second-order valence-corrected chi connectivity index (χ2v) is 1.86. The maximum Gasteiger partial charge on any atom is 0.198 e. The van der Waals surface area contributed by atoms with Gasteiger partial charge in [-0.05, 0) is 6.42 Å². The highest BCUT2D eigenvalue weighted by atomic mass is 16.3. The third-order valence-electron chi connectivity index (χ3n) is 1.09. The van der Waals surface area contributed by atoms with E-state index >= 15 is 0 Å². The molecule has 4 heteroatoms. The van der Waals surface area contributed by atoms with Crippen LogP contribution in [-0.2, 0) is 4.79 Å². The van der Waals surface area contributed by atoms with Gasteiger partial charge in [-0.1, -0.05) is 6.92 Å². The molecule has 10 heavy (non-hydrogen) atoms. The van der Waals surface area contributed by atoms with Crippen LogP contribution in [0.2, 0.25) is 0 Å². The second-order valence-electron chi connectivity index (χ2n) is 1.86. The van der Waals surface area contributed by atoms with Crippen molar-refractivity contribution < 1.29 is 20.1 Å². The predicted molar refractivity (Wildman–Crippen MR) is 33.6 cm³/mol. The predicted octanol–water partition coefficient (Wildman–Crippen LogP) is -0.777. The third kappa shape index (κ3) is 2.43. The number of aliphatic hydroxyl groups excluding tert-OH is 3. The Balaban J connectivity index is 3.82. The number of rotatable bonds is 4. The van der Waals surface area contributed by atoms with Gasteiger partial charge in [-0.3, -0.25) is 4.79 Å². The Labute approximate surface area is 59.1 Å². The molecule has 0 saturated heterocycles. The van der Waals surface area contributed by atoms with Crippen molar-refractivity contribution in [1.82, 2.24) is 0 Å². The minimum Gasteiger partial charge on any atom is -0.393 e. The molecule has 0 saturated carbocycles. The Morgan fingerprint density at radius 3 is 2.40 bits per heavy atom. The summed E-state index contributed by atoms with van der Waals surface area (Å²) in [6.45, 7) is 0.931. The van der Waals surface area contributed by atoms with Gasteiger partial charge in [0.2, 0.25) is 0 Å². The summed E-state index contributed by atoms with van der Waals surface area (Å²) in [5.41, 5.74) is 0. The number of Topliss-reactive ketones (excluding diaryl/α,β-unsaturated/α-hetero) is 1. The van der Waals surface area contributed by atoms with Gasteiger partial charge >= 0.3 is 0 Å². The van der Waals surface area contributed by atoms with Gasteiger partial charge in [0.25, 0.3) is 0 Å². The van der Waals surface area contributed by atoms with E-state index in [-0.39, 0.29) is 6.42 Å². The van der Waals surface area contributed by atoms with E-state index in [1.165, 1.54) is 0 Å². The molecule has 0 aliphatic rings. The number of hydrogen-bond acceptors (Lipinski definition) is 4. The summed E-state index contributed by atoms with van der Waals surface area (Å²) in [7, 11) is 0. The maximum absolute atomic E-state index is 10.6. The molecule has 0 aromatic carbocycles. The lowest BCUT2D eigenvalue weighted by Crippen LogP contribution is -2.29. The molecule has 0 aromatic heterocycles. The van der Waals surface area contributed by atoms with Crippen LogP contribution in [-0.4, -0.2) is 33.8 Å². The summed E-state index contributed by atoms with van der Waals surface area (Å²) in [5, 5.41) is 25.6. The molecular weight excluding hydrogens is 136 g/mol. The second kappa shape index (κ2) is 4.38. The molecule has 1 radical (unpaired) electrons. The average Bonchev–Trinajstić information content (AvgIpc) is 2.00. The Kier molecular flexibility index (Phi) is 4.18. The largest absolute Gasteiger partial charge is 0.393 e. The summed E-state index contributed by atoms with van der Waals surface area (Å²) in [6.07, 6.45) is -1.70. The van der Waals surface area contributed by atoms with E-state index in [2.05, 4.69) is 0 Å². The van der Waals surface area contributed by atoms with Crippen LogP contribution in [0.1, 0.15) is 13.3 Å². The van der Waals surface area contributed by atoms with Crippen LogP contribution in [0.25, 0.3) is 0 Å². The number of ketones is 1. The summed E-state index contributed by atoms with van der Waals surface area (Å²) in [4.78, 5) is 10.6. The highest BCUT2D eigenvalue weighted by molar-refractivity contribution is 5.93. The topological polar surface area (TPSA) is 77.8 Å². The molecule has 0 aromatic rings. The monoisotopic (exact) mass is 147 g/mol. The van der Waals surface area contributed by atoms with Gasteiger partial charge < -0.3 is 15.3 Å². The average molecular weight is 147 g/mol. The van der Waals surface area contributed by atoms with Crippen molar-refractivity contribution in [2.45, 2.75) is 19.4 Å². The van der Waals surface area contributed by atoms with Crippen molar-refractivity contribution in [3.8, 4) is 0 Å². The standard InChI is InChI=1S/C6H11O4/c1-2-4(8)6(10)5(9)3-7/h5,7-9H,2-3H2,1H3. The smallest absolute Gasteiger partial charge is 0.198 e. The van der Waals surface area contributed by atoms with Crippen molar-refractivity contribution in [2.75, 3.05) is 6.61 Å². The van der Waals surface area contributed by atoms with E-state index in [0.717, 1.165) is 0 Å². The molecule has 1 atom stereocenters. The van der Waals surface area contributed by atoms with Crippen molar-refractivity contribution >= 4 is 5.78 Å². The quantitative estimate of drug-likeness (QED) is 0.487. The van der Waals surface area contributed by atoms with E-state index in [1.54, 1.807) is 6.92 Å². The van der Waals surface area contributed by atoms with Gasteiger partial charge in [0.05, 0.1) is 6.61 Å². The molecule has 0 fully saturated rings. The zero-order valence-corrected chi connectivity index (χ0v) is 5.74. The summed E-state index contributed by atoms with van der Waals surface area (Å²) in [6, 6.07) is 0. The lowest BCUT2D eigenvalue weighted by molar-refractivity contribution is -0.131. The zero-order valence-electron chi connectivity index (χ0n) is 5.74. The Bertz CT molecular complexity index is 100. The first kappa shape index (κ1) is 9.55. The summed E-state index contributed by atoms with van der Waals surface area (Å²) < 4.78 is 0. The molecule has 1 unspecified atom stereocenters. The van der Waals surface area contributed by atoms with E-state index in [0.29, 0.717) is 0 Å². The molecule has 0 aliphatic carbocycles. The first-order valence-electron chi connectivity index (χ1n) is 3.01. The molecule has 4 nitrogen and oxygen atoms in total. The summed E-state index contributed by atoms with van der Waals surface area (Å²) in [5.74, 6) is -0.801. The van der Waals surface area contributed by atoms with Gasteiger partial charge in [0, 0.05) is 0 Å². The molecule has 0 heterocycles. The van der Waals surface area contributed by atoms with Crippen LogP contribution in [0.3, 0.4) is 0 Å². The third-order valence-corrected chi connectivity index (χ3v) is 1.09. The van der Waals surface area contributed by atoms with Gasteiger partial charge in [-0.25, -0.2) is 0 Å². The fraction of sp³-hybridized carbons (Fsp3) is 0.667. The van der Waals surface area contributed by atoms with Gasteiger partial charge in [-0.15, -0.1) is 0 Å². The maximum atomic E-state index is 10.6. The molecule has 0 spiro atoms. The van der Waals surface area contributed by atoms with Crippen LogP contribution in [0.15, 0.2) is 0 Å². The van der Waals surface area contributed by atoms with Crippen molar-refractivity contribution in [3.05, 3.63) is 6.10 Å². The minimum atomic E-state index is -1.47. The molecular formula is C6H11O4. The van der Waals surface area contributed by atoms with E-state index in [4.69, 9.17) is 15.3 Å². The molecule has 59 valence electrons. The van der Waals surface area contributed by atoms with E-state index < -0.39 is 24.6 Å². The highest BCUT2D eigenvalue weighted by Gasteiger charge is 2.21. The Morgan fingerprint density at radius 2 is 2.10 bits per heavy atom. The first-order chi connectivity index (χ1) is 4.63. The fourth-order valence-electron chi connectivity index (χ4n) is 0.449. The van der Waals surface area contributed by atoms with Gasteiger partial charge in [0.1, 0.15) is 6.10 Å². The minimum absolute atomic E-state index is 0.176. The number of carbonyl (C=O) groups is 1. The Hall–Kier alpha value is -0.450. The number of hydrogen-bond donors (Lipinski definition) is 3. The first-order valence-corrected chi connectivity index (χ1v) is 3.01. The van der Waals surface area contributed by atoms with Crippen molar-refractivity contribution in [1.29, 1.82) is 0 Å². The molecule has 0 aliphatic heterocycles.